The summed E-state index contributed by atoms with van der Waals surface area (Å²) in [4.78, 5) is 17.0. The van der Waals surface area contributed by atoms with Crippen molar-refractivity contribution in [1.29, 1.82) is 0 Å². The summed E-state index contributed by atoms with van der Waals surface area (Å²) < 4.78 is 0. The molecule has 88 valence electrons. The fourth-order valence-electron chi connectivity index (χ4n) is 1.41. The number of nitrogens with zero attached hydrogens (tertiary/aromatic N) is 4. The molecule has 0 saturated carbocycles. The zero-order valence-corrected chi connectivity index (χ0v) is 10.0. The highest BCUT2D eigenvalue weighted by molar-refractivity contribution is 5.51. The van der Waals surface area contributed by atoms with Crippen molar-refractivity contribution in [3.8, 4) is 11.5 Å². The van der Waals surface area contributed by atoms with E-state index >= 15 is 0 Å². The Morgan fingerprint density at radius 1 is 1.12 bits per heavy atom. The summed E-state index contributed by atoms with van der Waals surface area (Å²) in [6.45, 7) is 4.87. The highest BCUT2D eigenvalue weighted by Gasteiger charge is 2.04. The van der Waals surface area contributed by atoms with E-state index in [1.54, 1.807) is 12.4 Å². The summed E-state index contributed by atoms with van der Waals surface area (Å²) in [5.74, 6) is 2.17. The van der Waals surface area contributed by atoms with Crippen molar-refractivity contribution in [2.75, 3.05) is 11.9 Å². The zero-order chi connectivity index (χ0) is 12.1. The van der Waals surface area contributed by atoms with Crippen molar-refractivity contribution >= 4 is 5.82 Å². The van der Waals surface area contributed by atoms with E-state index < -0.39 is 0 Å². The number of rotatable bonds is 4. The first-order valence-electron chi connectivity index (χ1n) is 5.66. The molecule has 0 aliphatic rings. The van der Waals surface area contributed by atoms with Gasteiger partial charge >= 0.3 is 0 Å². The molecule has 2 heterocycles. The second-order valence-corrected chi connectivity index (χ2v) is 3.68. The molecule has 5 nitrogen and oxygen atoms in total. The van der Waals surface area contributed by atoms with Gasteiger partial charge in [-0.3, -0.25) is 0 Å². The molecule has 0 aliphatic heterocycles. The topological polar surface area (TPSA) is 63.6 Å². The molecule has 0 amide bonds. The predicted octanol–water partition coefficient (Wildman–Crippen LogP) is 2.06. The van der Waals surface area contributed by atoms with Crippen LogP contribution >= 0.6 is 0 Å². The number of anilines is 1. The van der Waals surface area contributed by atoms with Gasteiger partial charge in [0.25, 0.3) is 0 Å². The fourth-order valence-corrected chi connectivity index (χ4v) is 1.41. The highest BCUT2D eigenvalue weighted by atomic mass is 15.0. The maximum Gasteiger partial charge on any atom is 0.180 e. The Kier molecular flexibility index (Phi) is 3.59. The van der Waals surface area contributed by atoms with Gasteiger partial charge in [-0.15, -0.1) is 0 Å². The van der Waals surface area contributed by atoms with Gasteiger partial charge in [0.1, 0.15) is 17.3 Å². The molecule has 0 atom stereocenters. The van der Waals surface area contributed by atoms with Crippen LogP contribution < -0.4 is 5.32 Å². The summed E-state index contributed by atoms with van der Waals surface area (Å²) in [5, 5.41) is 3.22. The normalized spacial score (nSPS) is 10.2. The molecule has 0 aromatic carbocycles. The van der Waals surface area contributed by atoms with Gasteiger partial charge in [0, 0.05) is 18.9 Å². The molecule has 0 saturated heterocycles. The molecule has 1 N–H and O–H groups in total. The standard InChI is InChI=1S/C12H15N5/c1-3-6-14-11-5-8-15-12(17-11)10-4-7-13-9(2)16-10/h4-5,7-8H,3,6H2,1-2H3,(H,14,15,17). The van der Waals surface area contributed by atoms with Gasteiger partial charge < -0.3 is 5.32 Å². The molecular formula is C12H15N5. The molecule has 0 unspecified atom stereocenters. The van der Waals surface area contributed by atoms with E-state index in [1.165, 1.54) is 0 Å². The minimum Gasteiger partial charge on any atom is -0.370 e. The largest absolute Gasteiger partial charge is 0.370 e. The van der Waals surface area contributed by atoms with Crippen molar-refractivity contribution < 1.29 is 0 Å². The number of hydrogen-bond acceptors (Lipinski definition) is 5. The van der Waals surface area contributed by atoms with Crippen molar-refractivity contribution in [2.45, 2.75) is 20.3 Å². The maximum atomic E-state index is 4.41. The van der Waals surface area contributed by atoms with Crippen LogP contribution in [0, 0.1) is 6.92 Å². The Balaban J connectivity index is 2.26. The highest BCUT2D eigenvalue weighted by Crippen LogP contribution is 2.13. The lowest BCUT2D eigenvalue weighted by atomic mass is 10.3. The van der Waals surface area contributed by atoms with Gasteiger partial charge in [-0.1, -0.05) is 6.92 Å². The lowest BCUT2D eigenvalue weighted by Gasteiger charge is -2.05. The number of aryl methyl sites for hydroxylation is 1. The van der Waals surface area contributed by atoms with Gasteiger partial charge in [-0.05, 0) is 25.5 Å². The molecule has 0 aliphatic carbocycles. The summed E-state index contributed by atoms with van der Waals surface area (Å²) in [5.41, 5.74) is 0.748. The summed E-state index contributed by atoms with van der Waals surface area (Å²) in [6.07, 6.45) is 4.51. The second-order valence-electron chi connectivity index (χ2n) is 3.68. The quantitative estimate of drug-likeness (QED) is 0.869. The van der Waals surface area contributed by atoms with Gasteiger partial charge in [0.05, 0.1) is 0 Å². The zero-order valence-electron chi connectivity index (χ0n) is 10.0. The minimum absolute atomic E-state index is 0.622. The van der Waals surface area contributed by atoms with Crippen LogP contribution in [0.2, 0.25) is 0 Å². The average molecular weight is 229 g/mol. The van der Waals surface area contributed by atoms with Crippen LogP contribution in [0.1, 0.15) is 19.2 Å². The first-order chi connectivity index (χ1) is 8.29. The Labute approximate surface area is 100 Å². The molecule has 0 radical (unpaired) electrons. The number of nitrogens with one attached hydrogen (secondary N) is 1. The van der Waals surface area contributed by atoms with Crippen LogP contribution in [0.25, 0.3) is 11.5 Å². The van der Waals surface area contributed by atoms with Gasteiger partial charge in [0.15, 0.2) is 5.82 Å². The van der Waals surface area contributed by atoms with Gasteiger partial charge in [0.2, 0.25) is 0 Å². The van der Waals surface area contributed by atoms with Crippen LogP contribution in [0.3, 0.4) is 0 Å². The molecule has 0 spiro atoms. The molecule has 2 rings (SSSR count). The summed E-state index contributed by atoms with van der Waals surface area (Å²) >= 11 is 0. The van der Waals surface area contributed by atoms with Crippen LogP contribution in [0.4, 0.5) is 5.82 Å². The van der Waals surface area contributed by atoms with E-state index in [1.807, 2.05) is 19.1 Å². The Hall–Kier alpha value is -2.04. The first-order valence-corrected chi connectivity index (χ1v) is 5.66. The molecule has 2 aromatic rings. The second kappa shape index (κ2) is 5.34. The predicted molar refractivity (Wildman–Crippen MR) is 66.6 cm³/mol. The summed E-state index contributed by atoms with van der Waals surface area (Å²) in [7, 11) is 0. The molecule has 0 fully saturated rings. The molecule has 5 heteroatoms. The van der Waals surface area contributed by atoms with Crippen molar-refractivity contribution in [3.63, 3.8) is 0 Å². The van der Waals surface area contributed by atoms with Gasteiger partial charge in [-0.2, -0.15) is 0 Å². The van der Waals surface area contributed by atoms with Crippen molar-refractivity contribution in [1.82, 2.24) is 19.9 Å². The fraction of sp³-hybridized carbons (Fsp3) is 0.333. The van der Waals surface area contributed by atoms with E-state index in [2.05, 4.69) is 32.2 Å². The summed E-state index contributed by atoms with van der Waals surface area (Å²) in [6, 6.07) is 3.67. The SMILES string of the molecule is CCCNc1ccnc(-c2ccnc(C)n2)n1. The third kappa shape index (κ3) is 2.96. The maximum absolute atomic E-state index is 4.41. The lowest BCUT2D eigenvalue weighted by molar-refractivity contribution is 0.963. The molecular weight excluding hydrogens is 214 g/mol. The smallest absolute Gasteiger partial charge is 0.180 e. The van der Waals surface area contributed by atoms with Crippen LogP contribution in [-0.4, -0.2) is 26.5 Å². The van der Waals surface area contributed by atoms with E-state index in [4.69, 9.17) is 0 Å². The number of aromatic nitrogens is 4. The third-order valence-electron chi connectivity index (χ3n) is 2.22. The van der Waals surface area contributed by atoms with Crippen molar-refractivity contribution in [2.24, 2.45) is 0 Å². The van der Waals surface area contributed by atoms with Gasteiger partial charge in [-0.25, -0.2) is 19.9 Å². The average Bonchev–Trinajstić information content (AvgIpc) is 2.37. The van der Waals surface area contributed by atoms with E-state index in [9.17, 15) is 0 Å². The van der Waals surface area contributed by atoms with E-state index in [0.717, 1.165) is 30.3 Å². The Bertz CT molecular complexity index is 498. The van der Waals surface area contributed by atoms with E-state index in [-0.39, 0.29) is 0 Å². The molecule has 2 aromatic heterocycles. The van der Waals surface area contributed by atoms with Crippen molar-refractivity contribution in [3.05, 3.63) is 30.4 Å². The Morgan fingerprint density at radius 2 is 1.94 bits per heavy atom. The van der Waals surface area contributed by atoms with Crippen LogP contribution in [0.5, 0.6) is 0 Å². The monoisotopic (exact) mass is 229 g/mol. The van der Waals surface area contributed by atoms with Crippen LogP contribution in [-0.2, 0) is 0 Å². The van der Waals surface area contributed by atoms with E-state index in [0.29, 0.717) is 5.82 Å². The Morgan fingerprint density at radius 3 is 2.71 bits per heavy atom. The minimum atomic E-state index is 0.622. The lowest BCUT2D eigenvalue weighted by Crippen LogP contribution is -2.03. The first kappa shape index (κ1) is 11.4. The van der Waals surface area contributed by atoms with Crippen LogP contribution in [0.15, 0.2) is 24.5 Å². The third-order valence-corrected chi connectivity index (χ3v) is 2.22. The number of hydrogen-bond donors (Lipinski definition) is 1. The molecule has 17 heavy (non-hydrogen) atoms. The molecule has 0 bridgehead atoms.